The molecule has 1 aromatic rings. The van der Waals surface area contributed by atoms with Crippen LogP contribution < -0.4 is 0 Å². The van der Waals surface area contributed by atoms with Gasteiger partial charge in [-0.15, -0.1) is 0 Å². The van der Waals surface area contributed by atoms with Gasteiger partial charge in [-0.25, -0.2) is 0 Å². The van der Waals surface area contributed by atoms with E-state index in [-0.39, 0.29) is 5.78 Å². The number of hydrogen-bond donors (Lipinski definition) is 0. The molecule has 0 N–H and O–H groups in total. The van der Waals surface area contributed by atoms with Gasteiger partial charge in [0.2, 0.25) is 5.82 Å². The summed E-state index contributed by atoms with van der Waals surface area (Å²) in [7, 11) is 0. The smallest absolute Gasteiger partial charge is 0.300 e. The summed E-state index contributed by atoms with van der Waals surface area (Å²) in [6, 6.07) is 3.75. The van der Waals surface area contributed by atoms with E-state index in [0.29, 0.717) is 30.7 Å². The number of nitro benzene ring substituents is 1. The first-order valence-corrected chi connectivity index (χ1v) is 5.84. The molecule has 5 heteroatoms. The molecule has 0 aliphatic carbocycles. The van der Waals surface area contributed by atoms with Gasteiger partial charge >= 0.3 is 5.69 Å². The number of halogens is 1. The molecule has 98 valence electrons. The standard InChI is InChI=1S/C13H16FNO3/c1-9(2)7-11(16)5-3-10-4-6-13(15(17)18)12(14)8-10/h4,6,8-9H,3,5,7H2,1-2H3. The van der Waals surface area contributed by atoms with Crippen LogP contribution in [0.5, 0.6) is 0 Å². The van der Waals surface area contributed by atoms with Gasteiger partial charge in [-0.05, 0) is 24.0 Å². The van der Waals surface area contributed by atoms with Crippen LogP contribution in [0.3, 0.4) is 0 Å². The largest absolute Gasteiger partial charge is 0.304 e. The zero-order chi connectivity index (χ0) is 13.7. The molecule has 0 aliphatic rings. The predicted octanol–water partition coefficient (Wildman–Crippen LogP) is 3.28. The Morgan fingerprint density at radius 1 is 1.44 bits per heavy atom. The van der Waals surface area contributed by atoms with Crippen molar-refractivity contribution in [3.63, 3.8) is 0 Å². The van der Waals surface area contributed by atoms with E-state index >= 15 is 0 Å². The van der Waals surface area contributed by atoms with Crippen LogP contribution in [-0.4, -0.2) is 10.7 Å². The normalized spacial score (nSPS) is 10.7. The van der Waals surface area contributed by atoms with E-state index in [9.17, 15) is 19.3 Å². The number of nitrogens with zero attached hydrogens (tertiary/aromatic N) is 1. The molecular weight excluding hydrogens is 237 g/mol. The summed E-state index contributed by atoms with van der Waals surface area (Å²) in [5, 5.41) is 10.4. The number of nitro groups is 1. The molecule has 0 bridgehead atoms. The third kappa shape index (κ3) is 4.24. The Balaban J connectivity index is 2.61. The van der Waals surface area contributed by atoms with E-state index < -0.39 is 16.4 Å². The Morgan fingerprint density at radius 2 is 2.11 bits per heavy atom. The van der Waals surface area contributed by atoms with Crippen LogP contribution in [0.4, 0.5) is 10.1 Å². The maximum absolute atomic E-state index is 13.3. The minimum absolute atomic E-state index is 0.128. The summed E-state index contributed by atoms with van der Waals surface area (Å²) >= 11 is 0. The first-order chi connectivity index (χ1) is 8.40. The molecule has 0 heterocycles. The maximum Gasteiger partial charge on any atom is 0.304 e. The number of carbonyl (C=O) groups excluding carboxylic acids is 1. The van der Waals surface area contributed by atoms with E-state index in [2.05, 4.69) is 0 Å². The van der Waals surface area contributed by atoms with Gasteiger partial charge in [0, 0.05) is 18.9 Å². The second kappa shape index (κ2) is 6.23. The van der Waals surface area contributed by atoms with Crippen LogP contribution in [0.15, 0.2) is 18.2 Å². The first-order valence-electron chi connectivity index (χ1n) is 5.84. The van der Waals surface area contributed by atoms with Gasteiger partial charge in [0.15, 0.2) is 0 Å². The van der Waals surface area contributed by atoms with Crippen molar-refractivity contribution in [3.05, 3.63) is 39.7 Å². The number of Topliss-reactive ketones (excluding diaryl/α,β-unsaturated/α-hetero) is 1. The number of ketones is 1. The van der Waals surface area contributed by atoms with Crippen molar-refractivity contribution in [2.75, 3.05) is 0 Å². The van der Waals surface area contributed by atoms with Crippen LogP contribution in [0, 0.1) is 21.8 Å². The summed E-state index contributed by atoms with van der Waals surface area (Å²) in [4.78, 5) is 21.2. The molecule has 0 aromatic heterocycles. The van der Waals surface area contributed by atoms with Gasteiger partial charge < -0.3 is 0 Å². The summed E-state index contributed by atoms with van der Waals surface area (Å²) in [5.41, 5.74) is 0.0717. The van der Waals surface area contributed by atoms with Gasteiger partial charge in [-0.2, -0.15) is 4.39 Å². The number of benzene rings is 1. The Bertz CT molecular complexity index is 458. The van der Waals surface area contributed by atoms with Crippen LogP contribution in [0.1, 0.15) is 32.3 Å². The Morgan fingerprint density at radius 3 is 2.61 bits per heavy atom. The number of carbonyl (C=O) groups is 1. The predicted molar refractivity (Wildman–Crippen MR) is 65.8 cm³/mol. The summed E-state index contributed by atoms with van der Waals surface area (Å²) < 4.78 is 13.3. The molecule has 0 aliphatic heterocycles. The monoisotopic (exact) mass is 253 g/mol. The quantitative estimate of drug-likeness (QED) is 0.577. The van der Waals surface area contributed by atoms with Crippen molar-refractivity contribution < 1.29 is 14.1 Å². The highest BCUT2D eigenvalue weighted by atomic mass is 19.1. The van der Waals surface area contributed by atoms with Gasteiger partial charge in [0.25, 0.3) is 0 Å². The lowest BCUT2D eigenvalue weighted by molar-refractivity contribution is -0.387. The van der Waals surface area contributed by atoms with Crippen molar-refractivity contribution in [3.8, 4) is 0 Å². The molecule has 0 fully saturated rings. The number of hydrogen-bond acceptors (Lipinski definition) is 3. The molecule has 0 unspecified atom stereocenters. The molecule has 0 amide bonds. The van der Waals surface area contributed by atoms with Crippen LogP contribution in [-0.2, 0) is 11.2 Å². The van der Waals surface area contributed by atoms with Crippen molar-refractivity contribution in [1.29, 1.82) is 0 Å². The van der Waals surface area contributed by atoms with Gasteiger partial charge in [-0.3, -0.25) is 14.9 Å². The summed E-state index contributed by atoms with van der Waals surface area (Å²) in [5.74, 6) is -0.413. The van der Waals surface area contributed by atoms with Crippen LogP contribution >= 0.6 is 0 Å². The average Bonchev–Trinajstić information content (AvgIpc) is 2.25. The van der Waals surface area contributed by atoms with Crippen LogP contribution in [0.2, 0.25) is 0 Å². The fourth-order valence-electron chi connectivity index (χ4n) is 1.70. The minimum Gasteiger partial charge on any atom is -0.300 e. The van der Waals surface area contributed by atoms with Crippen molar-refractivity contribution in [2.24, 2.45) is 5.92 Å². The fourth-order valence-corrected chi connectivity index (χ4v) is 1.70. The Labute approximate surface area is 105 Å². The molecule has 4 nitrogen and oxygen atoms in total. The SMILES string of the molecule is CC(C)CC(=O)CCc1ccc([N+](=O)[O-])c(F)c1. The third-order valence-electron chi connectivity index (χ3n) is 2.54. The second-order valence-corrected chi connectivity index (χ2v) is 4.68. The number of rotatable bonds is 6. The molecule has 0 spiro atoms. The van der Waals surface area contributed by atoms with Crippen LogP contribution in [0.25, 0.3) is 0 Å². The zero-order valence-electron chi connectivity index (χ0n) is 10.5. The van der Waals surface area contributed by atoms with Crippen molar-refractivity contribution in [1.82, 2.24) is 0 Å². The molecular formula is C13H16FNO3. The van der Waals surface area contributed by atoms with E-state index in [4.69, 9.17) is 0 Å². The van der Waals surface area contributed by atoms with E-state index in [0.717, 1.165) is 12.1 Å². The van der Waals surface area contributed by atoms with Gasteiger partial charge in [-0.1, -0.05) is 19.9 Å². The third-order valence-corrected chi connectivity index (χ3v) is 2.54. The van der Waals surface area contributed by atoms with Gasteiger partial charge in [0.1, 0.15) is 5.78 Å². The second-order valence-electron chi connectivity index (χ2n) is 4.68. The lowest BCUT2D eigenvalue weighted by Gasteiger charge is -2.04. The summed E-state index contributed by atoms with van der Waals surface area (Å²) in [6.07, 6.45) is 1.27. The Hall–Kier alpha value is -1.78. The minimum atomic E-state index is -0.853. The maximum atomic E-state index is 13.3. The highest BCUT2D eigenvalue weighted by Gasteiger charge is 2.14. The Kier molecular flexibility index (Phi) is 4.95. The summed E-state index contributed by atoms with van der Waals surface area (Å²) in [6.45, 7) is 3.92. The average molecular weight is 253 g/mol. The molecule has 0 atom stereocenters. The van der Waals surface area contributed by atoms with Gasteiger partial charge in [0.05, 0.1) is 4.92 Å². The fraction of sp³-hybridized carbons (Fsp3) is 0.462. The van der Waals surface area contributed by atoms with Crippen molar-refractivity contribution >= 4 is 11.5 Å². The number of aryl methyl sites for hydroxylation is 1. The van der Waals surface area contributed by atoms with Crippen molar-refractivity contribution in [2.45, 2.75) is 33.1 Å². The zero-order valence-corrected chi connectivity index (χ0v) is 10.5. The molecule has 0 saturated heterocycles. The lowest BCUT2D eigenvalue weighted by atomic mass is 10.0. The molecule has 1 aromatic carbocycles. The highest BCUT2D eigenvalue weighted by molar-refractivity contribution is 5.78. The lowest BCUT2D eigenvalue weighted by Crippen LogP contribution is -2.04. The highest BCUT2D eigenvalue weighted by Crippen LogP contribution is 2.19. The first kappa shape index (κ1) is 14.3. The van der Waals surface area contributed by atoms with E-state index in [1.54, 1.807) is 0 Å². The molecule has 0 saturated carbocycles. The van der Waals surface area contributed by atoms with E-state index in [1.165, 1.54) is 6.07 Å². The molecule has 1 rings (SSSR count). The molecule has 0 radical (unpaired) electrons. The topological polar surface area (TPSA) is 60.2 Å². The van der Waals surface area contributed by atoms with E-state index in [1.807, 2.05) is 13.8 Å². The molecule has 18 heavy (non-hydrogen) atoms.